The average Bonchev–Trinajstić information content (AvgIpc) is 2.17. The fraction of sp³-hybridized carbons (Fsp3) is 0.444. The Morgan fingerprint density at radius 3 is 2.77 bits per heavy atom. The van der Waals surface area contributed by atoms with Gasteiger partial charge in [0.05, 0.1) is 0 Å². The minimum atomic E-state index is 0.113. The first-order valence-corrected chi connectivity index (χ1v) is 6.26. The van der Waals surface area contributed by atoms with Crippen molar-refractivity contribution in [2.24, 2.45) is 5.73 Å². The van der Waals surface area contributed by atoms with E-state index in [1.165, 1.54) is 0 Å². The van der Waals surface area contributed by atoms with Crippen molar-refractivity contribution in [1.29, 1.82) is 0 Å². The number of hydrogen-bond acceptors (Lipinski definition) is 4. The highest BCUT2D eigenvalue weighted by Gasteiger charge is 2.16. The molecule has 0 saturated carbocycles. The van der Waals surface area contributed by atoms with Crippen molar-refractivity contribution in [3.05, 3.63) is 24.4 Å². The van der Waals surface area contributed by atoms with Gasteiger partial charge in [-0.25, -0.2) is 4.98 Å². The van der Waals surface area contributed by atoms with Gasteiger partial charge in [0, 0.05) is 17.5 Å². The van der Waals surface area contributed by atoms with Gasteiger partial charge >= 0.3 is 0 Å². The minimum Gasteiger partial charge on any atom is -0.329 e. The zero-order valence-corrected chi connectivity index (χ0v) is 9.49. The van der Waals surface area contributed by atoms with Gasteiger partial charge in [0.1, 0.15) is 5.03 Å². The molecule has 0 bridgehead atoms. The second kappa shape index (κ2) is 4.88. The molecule has 1 rings (SSSR count). The van der Waals surface area contributed by atoms with Crippen LogP contribution in [0.5, 0.6) is 0 Å². The Morgan fingerprint density at radius 2 is 2.23 bits per heavy atom. The van der Waals surface area contributed by atoms with E-state index in [-0.39, 0.29) is 4.75 Å². The molecule has 0 unspecified atom stereocenters. The lowest BCUT2D eigenvalue weighted by molar-refractivity contribution is 0.728. The van der Waals surface area contributed by atoms with Gasteiger partial charge in [-0.2, -0.15) is 0 Å². The lowest BCUT2D eigenvalue weighted by Crippen LogP contribution is -2.25. The predicted octanol–water partition coefficient (Wildman–Crippen LogP) is 2.56. The smallest absolute Gasteiger partial charge is 0.106 e. The molecule has 0 radical (unpaired) electrons. The first kappa shape index (κ1) is 10.9. The summed E-state index contributed by atoms with van der Waals surface area (Å²) in [6.45, 7) is 4.94. The number of pyridine rings is 1. The Morgan fingerprint density at radius 1 is 1.46 bits per heavy atom. The standard InChI is InChI=1S/C9H14N2S2/c1-9(2,7-10)13-12-8-5-3-4-6-11-8/h3-6H,7,10H2,1-2H3. The van der Waals surface area contributed by atoms with Crippen LogP contribution >= 0.6 is 21.6 Å². The normalized spacial score (nSPS) is 11.6. The molecular weight excluding hydrogens is 200 g/mol. The van der Waals surface area contributed by atoms with Gasteiger partial charge < -0.3 is 5.73 Å². The fourth-order valence-electron chi connectivity index (χ4n) is 0.586. The molecule has 0 aliphatic rings. The van der Waals surface area contributed by atoms with Crippen LogP contribution < -0.4 is 5.73 Å². The van der Waals surface area contributed by atoms with E-state index in [9.17, 15) is 0 Å². The van der Waals surface area contributed by atoms with E-state index in [0.29, 0.717) is 6.54 Å². The second-order valence-electron chi connectivity index (χ2n) is 3.30. The van der Waals surface area contributed by atoms with Gasteiger partial charge in [-0.05, 0) is 36.8 Å². The van der Waals surface area contributed by atoms with E-state index in [4.69, 9.17) is 5.73 Å². The Kier molecular flexibility index (Phi) is 4.09. The highest BCUT2D eigenvalue weighted by Crippen LogP contribution is 2.38. The van der Waals surface area contributed by atoms with Crippen molar-refractivity contribution in [2.75, 3.05) is 6.54 Å². The van der Waals surface area contributed by atoms with E-state index in [1.54, 1.807) is 27.8 Å². The summed E-state index contributed by atoms with van der Waals surface area (Å²) in [5, 5.41) is 1.04. The quantitative estimate of drug-likeness (QED) is 0.782. The SMILES string of the molecule is CC(C)(CN)SSc1ccccn1. The van der Waals surface area contributed by atoms with Crippen LogP contribution in [0.3, 0.4) is 0 Å². The Labute approximate surface area is 87.1 Å². The topological polar surface area (TPSA) is 38.9 Å². The van der Waals surface area contributed by atoms with Crippen molar-refractivity contribution in [1.82, 2.24) is 4.98 Å². The second-order valence-corrected chi connectivity index (χ2v) is 6.16. The molecular formula is C9H14N2S2. The highest BCUT2D eigenvalue weighted by atomic mass is 33.1. The summed E-state index contributed by atoms with van der Waals surface area (Å²) in [6.07, 6.45) is 1.80. The van der Waals surface area contributed by atoms with Crippen molar-refractivity contribution in [3.8, 4) is 0 Å². The van der Waals surface area contributed by atoms with E-state index in [0.717, 1.165) is 5.03 Å². The van der Waals surface area contributed by atoms with E-state index in [1.807, 2.05) is 18.2 Å². The van der Waals surface area contributed by atoms with Crippen LogP contribution in [0.1, 0.15) is 13.8 Å². The Bertz CT molecular complexity index is 249. The number of rotatable bonds is 4. The molecule has 1 heterocycles. The third-order valence-corrected chi connectivity index (χ3v) is 4.71. The van der Waals surface area contributed by atoms with Crippen LogP contribution in [0.25, 0.3) is 0 Å². The zero-order valence-electron chi connectivity index (χ0n) is 7.86. The molecule has 0 fully saturated rings. The number of hydrogen-bond donors (Lipinski definition) is 1. The molecule has 0 amide bonds. The fourth-order valence-corrected chi connectivity index (χ4v) is 2.64. The van der Waals surface area contributed by atoms with Crippen LogP contribution in [-0.4, -0.2) is 16.3 Å². The zero-order chi connectivity index (χ0) is 9.73. The van der Waals surface area contributed by atoms with Gasteiger partial charge in [0.25, 0.3) is 0 Å². The summed E-state index contributed by atoms with van der Waals surface area (Å²) >= 11 is 0. The van der Waals surface area contributed by atoms with Gasteiger partial charge in [0.15, 0.2) is 0 Å². The predicted molar refractivity (Wildman–Crippen MR) is 60.8 cm³/mol. The summed E-state index contributed by atoms with van der Waals surface area (Å²) in [6, 6.07) is 5.92. The average molecular weight is 214 g/mol. The van der Waals surface area contributed by atoms with Crippen molar-refractivity contribution < 1.29 is 0 Å². The van der Waals surface area contributed by atoms with Crippen LogP contribution in [0, 0.1) is 0 Å². The summed E-state index contributed by atoms with van der Waals surface area (Å²) in [7, 11) is 3.44. The molecule has 4 heteroatoms. The van der Waals surface area contributed by atoms with Gasteiger partial charge in [-0.3, -0.25) is 0 Å². The highest BCUT2D eigenvalue weighted by molar-refractivity contribution is 8.77. The van der Waals surface area contributed by atoms with Crippen molar-refractivity contribution >= 4 is 21.6 Å². The van der Waals surface area contributed by atoms with E-state index < -0.39 is 0 Å². The number of nitrogens with two attached hydrogens (primary N) is 1. The van der Waals surface area contributed by atoms with Crippen molar-refractivity contribution in [3.63, 3.8) is 0 Å². The first-order chi connectivity index (χ1) is 6.14. The maximum atomic E-state index is 5.62. The lowest BCUT2D eigenvalue weighted by Gasteiger charge is -2.19. The van der Waals surface area contributed by atoms with Crippen LogP contribution in [-0.2, 0) is 0 Å². The van der Waals surface area contributed by atoms with Crippen LogP contribution in [0.2, 0.25) is 0 Å². The summed E-state index contributed by atoms with van der Waals surface area (Å²) in [4.78, 5) is 4.22. The maximum Gasteiger partial charge on any atom is 0.106 e. The molecule has 72 valence electrons. The monoisotopic (exact) mass is 214 g/mol. The number of aromatic nitrogens is 1. The van der Waals surface area contributed by atoms with Crippen molar-refractivity contribution in [2.45, 2.75) is 23.6 Å². The minimum absolute atomic E-state index is 0.113. The lowest BCUT2D eigenvalue weighted by atomic mass is 10.2. The molecule has 13 heavy (non-hydrogen) atoms. The van der Waals surface area contributed by atoms with E-state index in [2.05, 4.69) is 18.8 Å². The first-order valence-electron chi connectivity index (χ1n) is 4.11. The molecule has 0 aliphatic carbocycles. The number of nitrogens with zero attached hydrogens (tertiary/aromatic N) is 1. The summed E-state index contributed by atoms with van der Waals surface area (Å²) in [5.41, 5.74) is 5.62. The molecule has 0 spiro atoms. The van der Waals surface area contributed by atoms with Gasteiger partial charge in [-0.15, -0.1) is 0 Å². The molecule has 0 saturated heterocycles. The van der Waals surface area contributed by atoms with Crippen LogP contribution in [0.4, 0.5) is 0 Å². The molecule has 2 N–H and O–H groups in total. The van der Waals surface area contributed by atoms with Crippen LogP contribution in [0.15, 0.2) is 29.4 Å². The third-order valence-electron chi connectivity index (χ3n) is 1.48. The largest absolute Gasteiger partial charge is 0.329 e. The molecule has 1 aromatic rings. The molecule has 0 atom stereocenters. The molecule has 0 aromatic carbocycles. The van der Waals surface area contributed by atoms with Gasteiger partial charge in [-0.1, -0.05) is 16.9 Å². The summed E-state index contributed by atoms with van der Waals surface area (Å²) in [5.74, 6) is 0. The van der Waals surface area contributed by atoms with E-state index >= 15 is 0 Å². The summed E-state index contributed by atoms with van der Waals surface area (Å²) < 4.78 is 0.113. The molecule has 1 aromatic heterocycles. The molecule has 2 nitrogen and oxygen atoms in total. The van der Waals surface area contributed by atoms with Gasteiger partial charge in [0.2, 0.25) is 0 Å². The molecule has 0 aliphatic heterocycles. The Hall–Kier alpha value is -0.190. The Balaban J connectivity index is 2.44. The third kappa shape index (κ3) is 4.02. The maximum absolute atomic E-state index is 5.62.